The molecular weight excluding hydrogens is 428 g/mol. The summed E-state index contributed by atoms with van der Waals surface area (Å²) in [7, 11) is -0.292. The number of rotatable bonds is 5. The summed E-state index contributed by atoms with van der Waals surface area (Å²) in [6.07, 6.45) is 6.12. The molecule has 0 amide bonds. The molecule has 4 fully saturated rings. The molecule has 0 heterocycles. The van der Waals surface area contributed by atoms with Gasteiger partial charge in [0, 0.05) is 30.3 Å². The molecule has 5 heteroatoms. The summed E-state index contributed by atoms with van der Waals surface area (Å²) in [6, 6.07) is 0. The molecule has 0 aromatic heterocycles. The van der Waals surface area contributed by atoms with Crippen LogP contribution in [0.15, 0.2) is 12.2 Å². The molecule has 4 aliphatic carbocycles. The highest BCUT2D eigenvalue weighted by Crippen LogP contribution is 2.73. The van der Waals surface area contributed by atoms with Crippen molar-refractivity contribution in [2.75, 3.05) is 13.9 Å². The van der Waals surface area contributed by atoms with E-state index in [1.165, 1.54) is 12.0 Å². The van der Waals surface area contributed by atoms with Crippen LogP contribution >= 0.6 is 0 Å². The minimum absolute atomic E-state index is 0.0301. The van der Waals surface area contributed by atoms with Crippen molar-refractivity contribution in [3.8, 4) is 0 Å². The second-order valence-corrected chi connectivity index (χ2v) is 18.7. The first kappa shape index (κ1) is 25.6. The van der Waals surface area contributed by atoms with Crippen molar-refractivity contribution in [1.82, 2.24) is 0 Å². The maximum absolute atomic E-state index is 13.1. The molecule has 2 unspecified atom stereocenters. The molecule has 4 saturated carbocycles. The number of ketones is 1. The third-order valence-corrected chi connectivity index (χ3v) is 15.6. The predicted molar refractivity (Wildman–Crippen MR) is 135 cm³/mol. The van der Waals surface area contributed by atoms with Crippen molar-refractivity contribution in [2.45, 2.75) is 110 Å². The highest BCUT2D eigenvalue weighted by molar-refractivity contribution is 6.74. The zero-order valence-corrected chi connectivity index (χ0v) is 23.7. The van der Waals surface area contributed by atoms with Crippen LogP contribution in [-0.4, -0.2) is 40.2 Å². The fourth-order valence-electron chi connectivity index (χ4n) is 8.34. The van der Waals surface area contributed by atoms with Crippen LogP contribution in [0.25, 0.3) is 0 Å². The van der Waals surface area contributed by atoms with Gasteiger partial charge in [-0.2, -0.15) is 0 Å². The fourth-order valence-corrected chi connectivity index (χ4v) is 9.71. The van der Waals surface area contributed by atoms with Gasteiger partial charge in [0.25, 0.3) is 0 Å². The summed E-state index contributed by atoms with van der Waals surface area (Å²) in [4.78, 5) is 13.1. The number of carbonyl (C=O) groups excluding carboxylic acids is 1. The Kier molecular flexibility index (Phi) is 6.21. The van der Waals surface area contributed by atoms with Gasteiger partial charge >= 0.3 is 0 Å². The summed E-state index contributed by atoms with van der Waals surface area (Å²) in [5, 5.41) is 0.153. The lowest BCUT2D eigenvalue weighted by Gasteiger charge is -2.67. The molecule has 0 aromatic carbocycles. The molecule has 0 aliphatic heterocycles. The lowest BCUT2D eigenvalue weighted by molar-refractivity contribution is -0.250. The van der Waals surface area contributed by atoms with E-state index in [2.05, 4.69) is 61.2 Å². The van der Waals surface area contributed by atoms with E-state index in [1.807, 2.05) is 0 Å². The van der Waals surface area contributed by atoms with E-state index >= 15 is 0 Å². The molecule has 33 heavy (non-hydrogen) atoms. The largest absolute Gasteiger partial charge is 0.413 e. The van der Waals surface area contributed by atoms with Gasteiger partial charge in [0.05, 0.1) is 12.2 Å². The maximum atomic E-state index is 13.1. The standard InChI is InChI=1S/C28H48O4Si/c1-18-16-28-20(12-11-19(18)24(28)32-33(9,10)25(2,3)4)27(7)14-13-22(29)26(5,6)21(27)15-23(28)31-17-30-8/h19-21,23-24H,1,11-17H2,2-10H3/t19-,20?,21+,23+,24-,27?,28-/m0/s1. The zero-order valence-electron chi connectivity index (χ0n) is 22.7. The number of Topliss-reactive ketones (excluding diaryl/α,β-unsaturated/α-hetero) is 1. The van der Waals surface area contributed by atoms with Crippen molar-refractivity contribution < 1.29 is 18.7 Å². The van der Waals surface area contributed by atoms with E-state index in [1.54, 1.807) is 7.11 Å². The highest BCUT2D eigenvalue weighted by Gasteiger charge is 2.72. The van der Waals surface area contributed by atoms with E-state index in [-0.39, 0.29) is 33.5 Å². The Bertz CT molecular complexity index is 811. The predicted octanol–water partition coefficient (Wildman–Crippen LogP) is 6.75. The molecule has 0 aromatic rings. The van der Waals surface area contributed by atoms with Crippen LogP contribution in [0.5, 0.6) is 0 Å². The molecule has 2 bridgehead atoms. The lowest BCUT2D eigenvalue weighted by atomic mass is 9.40. The van der Waals surface area contributed by atoms with E-state index in [4.69, 9.17) is 13.9 Å². The van der Waals surface area contributed by atoms with Gasteiger partial charge in [-0.05, 0) is 67.5 Å². The van der Waals surface area contributed by atoms with Gasteiger partial charge < -0.3 is 13.9 Å². The number of ether oxygens (including phenoxy) is 2. The Morgan fingerprint density at radius 1 is 1.12 bits per heavy atom. The second-order valence-electron chi connectivity index (χ2n) is 14.0. The SMILES string of the molecule is C=C1C[C@@]23C(CC[C@@H]1[C@@H]2O[Si](C)(C)C(C)(C)C)C1(C)CCC(=O)C(C)(C)[C@H]1C[C@H]3OCOC. The summed E-state index contributed by atoms with van der Waals surface area (Å²) < 4.78 is 19.4. The number of hydrogen-bond donors (Lipinski definition) is 0. The maximum Gasteiger partial charge on any atom is 0.192 e. The Labute approximate surface area is 203 Å². The molecular formula is C28H48O4Si. The third-order valence-electron chi connectivity index (χ3n) is 11.1. The van der Waals surface area contributed by atoms with Crippen molar-refractivity contribution >= 4 is 14.1 Å². The van der Waals surface area contributed by atoms with E-state index < -0.39 is 8.32 Å². The smallest absolute Gasteiger partial charge is 0.192 e. The first-order valence-corrected chi connectivity index (χ1v) is 16.0. The number of fused-ring (bicyclic) bond motifs is 3. The average Bonchev–Trinajstić information content (AvgIpc) is 2.85. The minimum atomic E-state index is -2.00. The Hall–Kier alpha value is -0.493. The first-order valence-electron chi connectivity index (χ1n) is 13.1. The van der Waals surface area contributed by atoms with Gasteiger partial charge in [0.1, 0.15) is 12.6 Å². The van der Waals surface area contributed by atoms with Crippen molar-refractivity contribution in [3.05, 3.63) is 12.2 Å². The summed E-state index contributed by atoms with van der Waals surface area (Å²) in [5.41, 5.74) is 1.09. The number of hydrogen-bond acceptors (Lipinski definition) is 4. The molecule has 7 atom stereocenters. The Morgan fingerprint density at radius 3 is 2.39 bits per heavy atom. The van der Waals surface area contributed by atoms with Crippen LogP contribution < -0.4 is 0 Å². The van der Waals surface area contributed by atoms with Gasteiger partial charge in [0.15, 0.2) is 8.32 Å². The highest BCUT2D eigenvalue weighted by atomic mass is 28.4. The summed E-state index contributed by atoms with van der Waals surface area (Å²) in [5.74, 6) is 1.64. The van der Waals surface area contributed by atoms with Gasteiger partial charge in [0.2, 0.25) is 0 Å². The van der Waals surface area contributed by atoms with Gasteiger partial charge in [-0.3, -0.25) is 4.79 Å². The average molecular weight is 477 g/mol. The molecule has 0 N–H and O–H groups in total. The van der Waals surface area contributed by atoms with Gasteiger partial charge in [-0.15, -0.1) is 0 Å². The lowest BCUT2D eigenvalue weighted by Crippen LogP contribution is -2.68. The van der Waals surface area contributed by atoms with Crippen LogP contribution in [-0.2, 0) is 18.7 Å². The number of methoxy groups -OCH3 is 1. The van der Waals surface area contributed by atoms with Crippen LogP contribution in [0, 0.1) is 34.0 Å². The quantitative estimate of drug-likeness (QED) is 0.250. The molecule has 0 radical (unpaired) electrons. The molecule has 4 nitrogen and oxygen atoms in total. The van der Waals surface area contributed by atoms with E-state index in [0.29, 0.717) is 36.8 Å². The Balaban J connectivity index is 1.84. The molecule has 0 saturated heterocycles. The van der Waals surface area contributed by atoms with Crippen LogP contribution in [0.1, 0.15) is 80.1 Å². The van der Waals surface area contributed by atoms with Crippen LogP contribution in [0.2, 0.25) is 18.1 Å². The van der Waals surface area contributed by atoms with Gasteiger partial charge in [-0.25, -0.2) is 0 Å². The molecule has 4 rings (SSSR count). The summed E-state index contributed by atoms with van der Waals surface area (Å²) in [6.45, 7) is 23.5. The van der Waals surface area contributed by atoms with Crippen molar-refractivity contribution in [2.24, 2.45) is 34.0 Å². The third kappa shape index (κ3) is 3.58. The molecule has 1 spiro atoms. The van der Waals surface area contributed by atoms with Crippen LogP contribution in [0.4, 0.5) is 0 Å². The summed E-state index contributed by atoms with van der Waals surface area (Å²) >= 11 is 0. The monoisotopic (exact) mass is 476 g/mol. The van der Waals surface area contributed by atoms with Crippen molar-refractivity contribution in [3.63, 3.8) is 0 Å². The second kappa shape index (κ2) is 8.01. The Morgan fingerprint density at radius 2 is 1.79 bits per heavy atom. The fraction of sp³-hybridized carbons (Fsp3) is 0.893. The number of carbonyl (C=O) groups is 1. The molecule has 4 aliphatic rings. The van der Waals surface area contributed by atoms with E-state index in [0.717, 1.165) is 25.7 Å². The van der Waals surface area contributed by atoms with Crippen LogP contribution in [0.3, 0.4) is 0 Å². The zero-order chi connectivity index (χ0) is 24.6. The normalized spacial score (nSPS) is 42.8. The minimum Gasteiger partial charge on any atom is -0.413 e. The molecule has 188 valence electrons. The first-order chi connectivity index (χ1) is 15.1. The van der Waals surface area contributed by atoms with E-state index in [9.17, 15) is 4.79 Å². The topological polar surface area (TPSA) is 44.8 Å². The van der Waals surface area contributed by atoms with Crippen molar-refractivity contribution in [1.29, 1.82) is 0 Å². The van der Waals surface area contributed by atoms with Gasteiger partial charge in [-0.1, -0.05) is 53.7 Å².